The number of rotatable bonds is 27. The maximum atomic E-state index is 13.0. The standard InChI is InChI=1S/C41H58N6O10/c1-4-5-14-43-36(49)11-12-38(50)57-34-26-37(56-35(34)28-48)47-27-30(3)39(46-41(47)52)44-15-7-18-53-20-22-55-23-21-54-19-8-16-45-40(51)32-13-17-42-33(25-32)31-10-6-9-29(2)24-31/h6,9-10,13,17,24-25,27,34-35,37,48H,4-5,7-8,11-12,14-16,18-23,26,28H2,1-3H3,(H,43,49)(H,45,51)(H,44,46,52)/i48D. The van der Waals surface area contributed by atoms with Gasteiger partial charge in [0.15, 0.2) is 0 Å². The van der Waals surface area contributed by atoms with Gasteiger partial charge in [0.1, 0.15) is 24.3 Å². The number of carbonyl (C=O) groups excluding carboxylic acids is 3. The van der Waals surface area contributed by atoms with Crippen LogP contribution < -0.4 is 21.6 Å². The first-order valence-electron chi connectivity index (χ1n) is 20.2. The molecule has 4 N–H and O–H groups in total. The predicted molar refractivity (Wildman–Crippen MR) is 213 cm³/mol. The van der Waals surface area contributed by atoms with E-state index in [1.54, 1.807) is 24.5 Å². The van der Waals surface area contributed by atoms with Crippen LogP contribution in [0.25, 0.3) is 11.3 Å². The SMILES string of the molecule is [2H]OCC1OC(n2cc(C)c(NCCCOCCOCCOCCCNC(=O)c3ccnc(-c4cccc(C)c4)c3)nc2=O)CC1OC(=O)CCC(=O)NCCCC. The average Bonchev–Trinajstić information content (AvgIpc) is 3.61. The van der Waals surface area contributed by atoms with Crippen molar-refractivity contribution in [2.24, 2.45) is 0 Å². The molecule has 0 radical (unpaired) electrons. The fourth-order valence-corrected chi connectivity index (χ4v) is 5.97. The Morgan fingerprint density at radius 3 is 2.42 bits per heavy atom. The Balaban J connectivity index is 1.03. The molecule has 1 fully saturated rings. The highest BCUT2D eigenvalue weighted by atomic mass is 16.6. The molecule has 1 aliphatic rings. The van der Waals surface area contributed by atoms with Crippen molar-refractivity contribution in [2.45, 2.75) is 84.2 Å². The Morgan fingerprint density at radius 1 is 0.947 bits per heavy atom. The molecule has 57 heavy (non-hydrogen) atoms. The highest BCUT2D eigenvalue weighted by Gasteiger charge is 2.39. The van der Waals surface area contributed by atoms with Crippen LogP contribution in [-0.2, 0) is 33.3 Å². The van der Waals surface area contributed by atoms with Crippen molar-refractivity contribution >= 4 is 23.6 Å². The number of anilines is 1. The molecule has 3 unspecified atom stereocenters. The summed E-state index contributed by atoms with van der Waals surface area (Å²) in [6, 6.07) is 11.5. The van der Waals surface area contributed by atoms with E-state index in [-0.39, 0.29) is 37.7 Å². The number of nitrogens with one attached hydrogen (secondary N) is 3. The van der Waals surface area contributed by atoms with Gasteiger partial charge in [0, 0.05) is 74.8 Å². The van der Waals surface area contributed by atoms with E-state index >= 15 is 0 Å². The minimum Gasteiger partial charge on any atom is -0.459 e. The van der Waals surface area contributed by atoms with Crippen molar-refractivity contribution in [1.29, 1.82) is 1.43 Å². The number of unbranched alkanes of at least 4 members (excludes halogenated alkanes) is 1. The summed E-state index contributed by atoms with van der Waals surface area (Å²) in [5, 5.41) is 13.4. The molecule has 2 amide bonds. The summed E-state index contributed by atoms with van der Waals surface area (Å²) in [4.78, 5) is 58.6. The first-order valence-corrected chi connectivity index (χ1v) is 19.8. The predicted octanol–water partition coefficient (Wildman–Crippen LogP) is 3.48. The van der Waals surface area contributed by atoms with Gasteiger partial charge in [-0.1, -0.05) is 37.1 Å². The summed E-state index contributed by atoms with van der Waals surface area (Å²) in [5.74, 6) is -0.498. The molecule has 4 rings (SSSR count). The molecule has 2 aromatic heterocycles. The zero-order valence-electron chi connectivity index (χ0n) is 34.3. The van der Waals surface area contributed by atoms with Crippen LogP contribution in [0, 0.1) is 13.8 Å². The van der Waals surface area contributed by atoms with Crippen molar-refractivity contribution in [3.63, 3.8) is 0 Å². The van der Waals surface area contributed by atoms with E-state index in [2.05, 4.69) is 31.0 Å². The van der Waals surface area contributed by atoms with Gasteiger partial charge in [0.25, 0.3) is 5.91 Å². The van der Waals surface area contributed by atoms with E-state index in [1.807, 2.05) is 45.0 Å². The van der Waals surface area contributed by atoms with Crippen LogP contribution in [0.5, 0.6) is 0 Å². The molecule has 3 heterocycles. The second kappa shape index (κ2) is 24.8. The molecule has 0 aliphatic carbocycles. The third-order valence-electron chi connectivity index (χ3n) is 9.07. The third-order valence-corrected chi connectivity index (χ3v) is 9.07. The van der Waals surface area contributed by atoms with E-state index in [0.29, 0.717) is 89.1 Å². The number of amides is 2. The van der Waals surface area contributed by atoms with Gasteiger partial charge in [0.2, 0.25) is 7.34 Å². The molecule has 0 saturated carbocycles. The van der Waals surface area contributed by atoms with E-state index < -0.39 is 30.1 Å². The highest BCUT2D eigenvalue weighted by Crippen LogP contribution is 2.30. The van der Waals surface area contributed by atoms with Crippen LogP contribution in [0.4, 0.5) is 5.82 Å². The Labute approximate surface area is 335 Å². The number of aliphatic hydroxyl groups excluding tert-OH is 1. The number of aliphatic hydroxyl groups is 1. The lowest BCUT2D eigenvalue weighted by molar-refractivity contribution is -0.154. The lowest BCUT2D eigenvalue weighted by atomic mass is 10.1. The molecule has 312 valence electrons. The van der Waals surface area contributed by atoms with Crippen LogP contribution in [0.1, 0.15) is 79.6 Å². The Hall–Kier alpha value is -4.74. The van der Waals surface area contributed by atoms with Crippen molar-refractivity contribution in [3.8, 4) is 11.3 Å². The number of aromatic nitrogens is 3. The zero-order chi connectivity index (χ0) is 41.5. The minimum atomic E-state index is -0.775. The van der Waals surface area contributed by atoms with Crippen molar-refractivity contribution < 1.29 is 43.2 Å². The molecule has 1 saturated heterocycles. The first-order chi connectivity index (χ1) is 28.2. The van der Waals surface area contributed by atoms with Crippen LogP contribution in [0.15, 0.2) is 53.6 Å². The summed E-state index contributed by atoms with van der Waals surface area (Å²) in [6.45, 7) is 9.99. The number of hydrogen-bond donors (Lipinski definition) is 4. The van der Waals surface area contributed by atoms with Crippen LogP contribution in [-0.4, -0.2) is 117 Å². The van der Waals surface area contributed by atoms with Gasteiger partial charge in [-0.2, -0.15) is 4.98 Å². The lowest BCUT2D eigenvalue weighted by Gasteiger charge is -2.17. The molecule has 1 aromatic carbocycles. The van der Waals surface area contributed by atoms with Crippen molar-refractivity contribution in [2.75, 3.05) is 71.2 Å². The zero-order valence-corrected chi connectivity index (χ0v) is 33.3. The van der Waals surface area contributed by atoms with E-state index in [1.165, 1.54) is 4.57 Å². The van der Waals surface area contributed by atoms with Crippen LogP contribution in [0.3, 0.4) is 0 Å². The van der Waals surface area contributed by atoms with Gasteiger partial charge >= 0.3 is 11.7 Å². The Bertz CT molecular complexity index is 1800. The fourth-order valence-electron chi connectivity index (χ4n) is 5.97. The smallest absolute Gasteiger partial charge is 0.351 e. The number of hydrogen-bond acceptors (Lipinski definition) is 13. The summed E-state index contributed by atoms with van der Waals surface area (Å²) >= 11 is 0. The molecule has 3 aromatic rings. The number of aryl methyl sites for hydroxylation is 2. The molecule has 3 atom stereocenters. The second-order valence-electron chi connectivity index (χ2n) is 13.8. The van der Waals surface area contributed by atoms with Gasteiger partial charge in [-0.15, -0.1) is 0 Å². The quantitative estimate of drug-likeness (QED) is 0.0646. The molecule has 0 bridgehead atoms. The number of carbonyl (C=O) groups is 3. The monoisotopic (exact) mass is 795 g/mol. The molecular formula is C41H58N6O10. The first kappa shape index (κ1) is 43.4. The summed E-state index contributed by atoms with van der Waals surface area (Å²) in [5.41, 5.74) is 3.59. The molecular weight excluding hydrogens is 736 g/mol. The maximum absolute atomic E-state index is 13.0. The molecule has 0 spiro atoms. The Morgan fingerprint density at radius 2 is 1.68 bits per heavy atom. The summed E-state index contributed by atoms with van der Waals surface area (Å²) in [7, 11) is 0. The van der Waals surface area contributed by atoms with Gasteiger partial charge in [-0.25, -0.2) is 4.79 Å². The van der Waals surface area contributed by atoms with Gasteiger partial charge in [0.05, 0.1) is 45.1 Å². The van der Waals surface area contributed by atoms with Crippen molar-refractivity contribution in [3.05, 3.63) is 76.0 Å². The van der Waals surface area contributed by atoms with Crippen LogP contribution in [0.2, 0.25) is 0 Å². The van der Waals surface area contributed by atoms with Gasteiger partial charge in [-0.05, 0) is 51.3 Å². The van der Waals surface area contributed by atoms with E-state index in [0.717, 1.165) is 29.7 Å². The number of esters is 1. The maximum Gasteiger partial charge on any atom is 0.351 e. The number of pyridine rings is 1. The lowest BCUT2D eigenvalue weighted by Crippen LogP contribution is -2.31. The van der Waals surface area contributed by atoms with Gasteiger partial charge in [-0.3, -0.25) is 23.9 Å². The summed E-state index contributed by atoms with van der Waals surface area (Å²) in [6.07, 6.45) is 4.22. The third kappa shape index (κ3) is 15.6. The minimum absolute atomic E-state index is 0.00536. The number of nitrogens with zero attached hydrogens (tertiary/aromatic N) is 3. The number of benzene rings is 1. The molecule has 16 heteroatoms. The van der Waals surface area contributed by atoms with Crippen LogP contribution >= 0.6 is 0 Å². The number of ether oxygens (including phenoxy) is 5. The topological polar surface area (TPSA) is 201 Å². The fraction of sp³-hybridized carbons (Fsp3) is 0.561. The average molecular weight is 796 g/mol. The largest absolute Gasteiger partial charge is 0.459 e. The van der Waals surface area contributed by atoms with E-state index in [9.17, 15) is 19.2 Å². The Kier molecular flexibility index (Phi) is 18.9. The highest BCUT2D eigenvalue weighted by molar-refractivity contribution is 5.95. The van der Waals surface area contributed by atoms with Gasteiger partial charge < -0.3 is 44.7 Å². The summed E-state index contributed by atoms with van der Waals surface area (Å²) < 4.78 is 36.9. The van der Waals surface area contributed by atoms with Crippen molar-refractivity contribution in [1.82, 2.24) is 25.2 Å². The second-order valence-corrected chi connectivity index (χ2v) is 13.8. The molecule has 1 aliphatic heterocycles. The molecule has 16 nitrogen and oxygen atoms in total. The normalized spacial score (nSPS) is 16.5. The van der Waals surface area contributed by atoms with E-state index in [4.69, 9.17) is 25.1 Å².